The summed E-state index contributed by atoms with van der Waals surface area (Å²) < 4.78 is 103. The summed E-state index contributed by atoms with van der Waals surface area (Å²) in [5.74, 6) is 0.283. The molecule has 0 spiro atoms. The second-order valence-corrected chi connectivity index (χ2v) is 11.6. The molecule has 0 saturated carbocycles. The van der Waals surface area contributed by atoms with E-state index >= 15 is 0 Å². The highest BCUT2D eigenvalue weighted by atomic mass is 32.2. The molecule has 0 bridgehead atoms. The average molecular weight is 591 g/mol. The van der Waals surface area contributed by atoms with E-state index in [2.05, 4.69) is 4.18 Å². The molecule has 0 aliphatic heterocycles. The first-order chi connectivity index (χ1) is 18.0. The Morgan fingerprint density at radius 3 is 2.03 bits per heavy atom. The average Bonchev–Trinajstić information content (AvgIpc) is 2.79. The van der Waals surface area contributed by atoms with Crippen LogP contribution in [0.2, 0.25) is 0 Å². The highest BCUT2D eigenvalue weighted by molar-refractivity contribution is 7.88. The van der Waals surface area contributed by atoms with Crippen molar-refractivity contribution >= 4 is 20.2 Å². The first-order valence-corrected chi connectivity index (χ1v) is 14.6. The van der Waals surface area contributed by atoms with Crippen LogP contribution in [0.4, 0.5) is 13.2 Å². The predicted octanol–water partition coefficient (Wildman–Crippen LogP) is 5.20. The van der Waals surface area contributed by atoms with E-state index < -0.39 is 25.7 Å². The van der Waals surface area contributed by atoms with Crippen LogP contribution in [0.1, 0.15) is 33.4 Å². The van der Waals surface area contributed by atoms with Crippen molar-refractivity contribution in [2.75, 3.05) is 20.2 Å². The van der Waals surface area contributed by atoms with E-state index in [4.69, 9.17) is 14.0 Å². The molecule has 0 amide bonds. The van der Waals surface area contributed by atoms with Crippen molar-refractivity contribution in [3.05, 3.63) is 94.0 Å². The van der Waals surface area contributed by atoms with Crippen molar-refractivity contribution in [1.29, 1.82) is 0 Å². The number of methoxy groups -OCH3 is 1. The van der Waals surface area contributed by atoms with Gasteiger partial charge in [0.2, 0.25) is 0 Å². The zero-order valence-electron chi connectivity index (χ0n) is 21.7. The first kappa shape index (κ1) is 32.1. The molecule has 0 saturated heterocycles. The van der Waals surface area contributed by atoms with Crippen LogP contribution in [-0.2, 0) is 37.8 Å². The number of alkyl halides is 3. The van der Waals surface area contributed by atoms with Crippen molar-refractivity contribution in [2.24, 2.45) is 0 Å². The third-order valence-corrected chi connectivity index (χ3v) is 6.10. The Labute approximate surface area is 226 Å². The number of ether oxygens (including phenoxy) is 2. The van der Waals surface area contributed by atoms with Gasteiger partial charge in [0.25, 0.3) is 10.1 Å². The number of rotatable bonds is 9. The molecule has 39 heavy (non-hydrogen) atoms. The van der Waals surface area contributed by atoms with Crippen LogP contribution in [0.25, 0.3) is 0 Å². The highest BCUT2D eigenvalue weighted by Crippen LogP contribution is 2.33. The second kappa shape index (κ2) is 13.3. The Morgan fingerprint density at radius 2 is 1.46 bits per heavy atom. The summed E-state index contributed by atoms with van der Waals surface area (Å²) in [6.45, 7) is 3.42. The lowest BCUT2D eigenvalue weighted by atomic mass is 9.95. The maximum atomic E-state index is 12.9. The number of hydrogen-bond acceptors (Lipinski definition) is 7. The molecule has 3 aromatic rings. The van der Waals surface area contributed by atoms with Gasteiger partial charge in [-0.25, -0.2) is 0 Å². The molecule has 0 radical (unpaired) electrons. The second-order valence-electron chi connectivity index (χ2n) is 8.61. The molecule has 0 aliphatic rings. The summed E-state index contributed by atoms with van der Waals surface area (Å²) >= 11 is 0. The van der Waals surface area contributed by atoms with Gasteiger partial charge in [-0.3, -0.25) is 4.55 Å². The van der Waals surface area contributed by atoms with E-state index in [1.54, 1.807) is 32.0 Å². The van der Waals surface area contributed by atoms with Gasteiger partial charge in [-0.05, 0) is 53.8 Å². The van der Waals surface area contributed by atoms with Gasteiger partial charge in [-0.15, -0.1) is 0 Å². The number of hydrogen-bond donors (Lipinski definition) is 1. The third kappa shape index (κ3) is 10.5. The molecule has 13 heteroatoms. The van der Waals surface area contributed by atoms with Gasteiger partial charge in [-0.1, -0.05) is 48.5 Å². The van der Waals surface area contributed by atoms with Crippen LogP contribution in [0.3, 0.4) is 0 Å². The number of aryl methyl sites for hydroxylation is 2. The van der Waals surface area contributed by atoms with Gasteiger partial charge in [0.1, 0.15) is 11.5 Å². The molecule has 3 aromatic carbocycles. The molecule has 8 nitrogen and oxygen atoms in total. The lowest BCUT2D eigenvalue weighted by Crippen LogP contribution is -2.28. The van der Waals surface area contributed by atoms with Crippen molar-refractivity contribution < 1.29 is 48.2 Å². The molecule has 214 valence electrons. The van der Waals surface area contributed by atoms with Gasteiger partial charge in [0.05, 0.1) is 6.26 Å². The standard InChI is InChI=1S/C25H25F3O5S.CH4O3S/c1-17-11-18(2)22(24(12-17)33-34(29,30)25(26,27)28)15-20-9-10-23(32-16-31-3)21(14-20)13-19-7-5-4-6-8-19;1-5(2,3)4/h4-12,14H,13,15-16H2,1-3H3;1H3,(H,2,3,4). The lowest BCUT2D eigenvalue weighted by molar-refractivity contribution is -0.0500. The summed E-state index contributed by atoms with van der Waals surface area (Å²) in [5, 5.41) is 0. The molecule has 0 atom stereocenters. The minimum absolute atomic E-state index is 0.0610. The summed E-state index contributed by atoms with van der Waals surface area (Å²) in [4.78, 5) is 0. The smallest absolute Gasteiger partial charge is 0.467 e. The van der Waals surface area contributed by atoms with Gasteiger partial charge >= 0.3 is 15.6 Å². The van der Waals surface area contributed by atoms with E-state index in [-0.39, 0.29) is 19.0 Å². The van der Waals surface area contributed by atoms with Crippen molar-refractivity contribution in [2.45, 2.75) is 32.2 Å². The fourth-order valence-electron chi connectivity index (χ4n) is 3.59. The number of halogens is 3. The monoisotopic (exact) mass is 590 g/mol. The van der Waals surface area contributed by atoms with E-state index in [0.29, 0.717) is 35.1 Å². The molecular formula is C26H29F3O8S2. The van der Waals surface area contributed by atoms with Gasteiger partial charge in [-0.2, -0.15) is 30.0 Å². The topological polar surface area (TPSA) is 116 Å². The van der Waals surface area contributed by atoms with Crippen molar-refractivity contribution in [3.63, 3.8) is 0 Å². The van der Waals surface area contributed by atoms with Crippen LogP contribution < -0.4 is 8.92 Å². The maximum absolute atomic E-state index is 12.9. The van der Waals surface area contributed by atoms with Crippen LogP contribution >= 0.6 is 0 Å². The van der Waals surface area contributed by atoms with Crippen molar-refractivity contribution in [3.8, 4) is 11.5 Å². The SMILES string of the molecule is COCOc1ccc(Cc2c(C)cc(C)cc2OS(=O)(=O)C(F)(F)F)cc1Cc1ccccc1.CS(=O)(=O)O. The largest absolute Gasteiger partial charge is 0.534 e. The van der Waals surface area contributed by atoms with E-state index in [9.17, 15) is 30.0 Å². The summed E-state index contributed by atoms with van der Waals surface area (Å²) in [7, 11) is -7.95. The zero-order valence-corrected chi connectivity index (χ0v) is 23.3. The lowest BCUT2D eigenvalue weighted by Gasteiger charge is -2.17. The molecule has 3 rings (SSSR count). The molecule has 0 fully saturated rings. The Morgan fingerprint density at radius 1 is 0.846 bits per heavy atom. The Kier molecular flexibility index (Phi) is 10.9. The summed E-state index contributed by atoms with van der Waals surface area (Å²) in [6.07, 6.45) is 1.45. The molecular weight excluding hydrogens is 561 g/mol. The van der Waals surface area contributed by atoms with Gasteiger partial charge in [0, 0.05) is 25.5 Å². The van der Waals surface area contributed by atoms with Crippen LogP contribution in [0.15, 0.2) is 60.7 Å². The maximum Gasteiger partial charge on any atom is 0.534 e. The van der Waals surface area contributed by atoms with Crippen LogP contribution in [-0.4, -0.2) is 47.1 Å². The normalized spacial score (nSPS) is 11.9. The molecule has 0 aromatic heterocycles. The molecule has 0 unspecified atom stereocenters. The van der Waals surface area contributed by atoms with Gasteiger partial charge in [0.15, 0.2) is 6.79 Å². The van der Waals surface area contributed by atoms with Gasteiger partial charge < -0.3 is 13.7 Å². The van der Waals surface area contributed by atoms with E-state index in [1.807, 2.05) is 36.4 Å². The fraction of sp³-hybridized carbons (Fsp3) is 0.308. The zero-order chi connectivity index (χ0) is 29.4. The predicted molar refractivity (Wildman–Crippen MR) is 140 cm³/mol. The minimum Gasteiger partial charge on any atom is -0.467 e. The van der Waals surface area contributed by atoms with E-state index in [0.717, 1.165) is 16.7 Å². The number of benzene rings is 3. The molecule has 0 heterocycles. The van der Waals surface area contributed by atoms with Crippen LogP contribution in [0, 0.1) is 13.8 Å². The van der Waals surface area contributed by atoms with Crippen molar-refractivity contribution in [1.82, 2.24) is 0 Å². The molecule has 1 N–H and O–H groups in total. The Bertz CT molecular complexity index is 1460. The summed E-state index contributed by atoms with van der Waals surface area (Å²) in [6, 6.07) is 18.2. The fourth-order valence-corrected chi connectivity index (χ4v) is 4.07. The minimum atomic E-state index is -5.80. The van der Waals surface area contributed by atoms with Crippen LogP contribution in [0.5, 0.6) is 11.5 Å². The quantitative estimate of drug-likeness (QED) is 0.157. The summed E-state index contributed by atoms with van der Waals surface area (Å²) in [5.41, 5.74) is -1.29. The first-order valence-electron chi connectivity index (χ1n) is 11.3. The Balaban J connectivity index is 0.000000976. The molecule has 0 aliphatic carbocycles. The Hall–Kier alpha value is -3.13. The highest BCUT2D eigenvalue weighted by Gasteiger charge is 2.48. The van der Waals surface area contributed by atoms with E-state index in [1.165, 1.54) is 13.2 Å². The third-order valence-electron chi connectivity index (χ3n) is 5.13.